The summed E-state index contributed by atoms with van der Waals surface area (Å²) in [5, 5.41) is 7.80. The molecule has 2 aromatic rings. The van der Waals surface area contributed by atoms with Crippen molar-refractivity contribution in [2.45, 2.75) is 29.8 Å². The number of sulfonamides is 1. The number of hydrogen-bond donors (Lipinski definition) is 3. The average molecular weight is 433 g/mol. The number of rotatable bonds is 5. The quantitative estimate of drug-likeness (QED) is 0.647. The largest absolute Gasteiger partial charge is 0.405 e. The molecule has 1 aliphatic heterocycles. The molecule has 1 fully saturated rings. The molecule has 1 aromatic heterocycles. The van der Waals surface area contributed by atoms with Crippen LogP contribution in [0, 0.1) is 0 Å². The van der Waals surface area contributed by atoms with Crippen LogP contribution in [0.2, 0.25) is 0 Å². The standard InChI is InChI=1S/C16H18F3N5O4S/c17-16(18,19)9-20-14(25)10-3-1-5-12(7-10)29(27,28)24-6-2-4-11(8-24)13-21-15(26)23-22-13/h1,3,5,7,11H,2,4,6,8-9H2,(H,20,25)(H2,21,22,23,26). The van der Waals surface area contributed by atoms with Crippen molar-refractivity contribution >= 4 is 15.9 Å². The Balaban J connectivity index is 1.78. The van der Waals surface area contributed by atoms with Gasteiger partial charge in [-0.05, 0) is 31.0 Å². The van der Waals surface area contributed by atoms with Crippen LogP contribution in [0.3, 0.4) is 0 Å². The fourth-order valence-electron chi connectivity index (χ4n) is 3.09. The van der Waals surface area contributed by atoms with Crippen molar-refractivity contribution < 1.29 is 26.4 Å². The van der Waals surface area contributed by atoms with Crippen LogP contribution in [0.5, 0.6) is 0 Å². The first-order valence-corrected chi connectivity index (χ1v) is 10.1. The van der Waals surface area contributed by atoms with E-state index in [0.717, 1.165) is 6.07 Å². The lowest BCUT2D eigenvalue weighted by Crippen LogP contribution is -2.39. The van der Waals surface area contributed by atoms with Crippen molar-refractivity contribution in [2.24, 2.45) is 0 Å². The van der Waals surface area contributed by atoms with E-state index < -0.39 is 34.3 Å². The van der Waals surface area contributed by atoms with Gasteiger partial charge in [0, 0.05) is 24.6 Å². The topological polar surface area (TPSA) is 128 Å². The number of carbonyl (C=O) groups is 1. The van der Waals surface area contributed by atoms with Gasteiger partial charge in [0.2, 0.25) is 10.0 Å². The van der Waals surface area contributed by atoms with Crippen LogP contribution in [0.4, 0.5) is 13.2 Å². The molecule has 1 saturated heterocycles. The second-order valence-electron chi connectivity index (χ2n) is 6.59. The normalized spacial score (nSPS) is 18.5. The number of aromatic nitrogens is 3. The summed E-state index contributed by atoms with van der Waals surface area (Å²) in [6.45, 7) is -1.20. The molecule has 0 saturated carbocycles. The Morgan fingerprint density at radius 3 is 2.76 bits per heavy atom. The van der Waals surface area contributed by atoms with Gasteiger partial charge in [-0.25, -0.2) is 18.3 Å². The van der Waals surface area contributed by atoms with E-state index in [1.165, 1.54) is 22.5 Å². The van der Waals surface area contributed by atoms with Crippen molar-refractivity contribution in [1.82, 2.24) is 24.8 Å². The molecular formula is C16H18F3N5O4S. The number of benzene rings is 1. The minimum Gasteiger partial charge on any atom is -0.343 e. The lowest BCUT2D eigenvalue weighted by atomic mass is 9.99. The molecule has 158 valence electrons. The van der Waals surface area contributed by atoms with Crippen molar-refractivity contribution in [2.75, 3.05) is 19.6 Å². The molecule has 2 heterocycles. The Kier molecular flexibility index (Phi) is 5.80. The number of carbonyl (C=O) groups excluding carboxylic acids is 1. The van der Waals surface area contributed by atoms with Crippen LogP contribution >= 0.6 is 0 Å². The maximum atomic E-state index is 13.0. The molecule has 1 aromatic carbocycles. The van der Waals surface area contributed by atoms with Crippen molar-refractivity contribution in [3.63, 3.8) is 0 Å². The first-order chi connectivity index (χ1) is 13.6. The van der Waals surface area contributed by atoms with Crippen LogP contribution in [0.15, 0.2) is 34.0 Å². The number of amides is 1. The zero-order chi connectivity index (χ0) is 21.2. The molecule has 0 radical (unpaired) electrons. The van der Waals surface area contributed by atoms with Crippen molar-refractivity contribution in [1.29, 1.82) is 0 Å². The minimum absolute atomic E-state index is 0.0770. The van der Waals surface area contributed by atoms with Crippen molar-refractivity contribution in [3.8, 4) is 0 Å². The third-order valence-corrected chi connectivity index (χ3v) is 6.33. The summed E-state index contributed by atoms with van der Waals surface area (Å²) in [5.74, 6) is -0.976. The summed E-state index contributed by atoms with van der Waals surface area (Å²) in [7, 11) is -3.99. The Morgan fingerprint density at radius 1 is 1.34 bits per heavy atom. The highest BCUT2D eigenvalue weighted by atomic mass is 32.2. The lowest BCUT2D eigenvalue weighted by molar-refractivity contribution is -0.123. The van der Waals surface area contributed by atoms with Crippen LogP contribution in [-0.4, -0.2) is 59.6 Å². The second kappa shape index (κ2) is 7.99. The van der Waals surface area contributed by atoms with Gasteiger partial charge in [-0.3, -0.25) is 9.78 Å². The monoisotopic (exact) mass is 433 g/mol. The van der Waals surface area contributed by atoms with Crippen LogP contribution < -0.4 is 11.0 Å². The number of H-pyrrole nitrogens is 2. The molecule has 1 amide bonds. The molecule has 29 heavy (non-hydrogen) atoms. The van der Waals surface area contributed by atoms with E-state index in [2.05, 4.69) is 15.2 Å². The second-order valence-corrected chi connectivity index (χ2v) is 8.53. The minimum atomic E-state index is -4.57. The van der Waals surface area contributed by atoms with Gasteiger partial charge in [-0.2, -0.15) is 22.6 Å². The van der Waals surface area contributed by atoms with Gasteiger partial charge in [0.05, 0.1) is 4.90 Å². The number of hydrogen-bond acceptors (Lipinski definition) is 5. The van der Waals surface area contributed by atoms with Gasteiger partial charge >= 0.3 is 11.9 Å². The molecule has 0 spiro atoms. The molecule has 3 N–H and O–H groups in total. The molecule has 1 unspecified atom stereocenters. The zero-order valence-corrected chi connectivity index (χ0v) is 15.8. The third kappa shape index (κ3) is 5.03. The highest BCUT2D eigenvalue weighted by Gasteiger charge is 2.33. The fraction of sp³-hybridized carbons (Fsp3) is 0.438. The Bertz CT molecular complexity index is 1050. The SMILES string of the molecule is O=C(NCC(F)(F)F)c1cccc(S(=O)(=O)N2CCCC(c3n[nH]c(=O)[nH]3)C2)c1. The highest BCUT2D eigenvalue weighted by Crippen LogP contribution is 2.28. The average Bonchev–Trinajstić information content (AvgIpc) is 3.12. The van der Waals surface area contributed by atoms with Crippen molar-refractivity contribution in [3.05, 3.63) is 46.1 Å². The summed E-state index contributed by atoms with van der Waals surface area (Å²) < 4.78 is 64.0. The van der Waals surface area contributed by atoms with Crippen LogP contribution in [0.1, 0.15) is 34.9 Å². The number of aromatic amines is 2. The summed E-state index contributed by atoms with van der Waals surface area (Å²) in [4.78, 5) is 25.5. The maximum absolute atomic E-state index is 13.0. The Morgan fingerprint density at radius 2 is 2.10 bits per heavy atom. The number of nitrogens with zero attached hydrogens (tertiary/aromatic N) is 2. The predicted molar refractivity (Wildman–Crippen MR) is 94.8 cm³/mol. The first kappa shape index (κ1) is 21.0. The van der Waals surface area contributed by atoms with Gasteiger partial charge in [0.1, 0.15) is 12.4 Å². The van der Waals surface area contributed by atoms with Gasteiger partial charge in [-0.1, -0.05) is 6.07 Å². The molecule has 0 bridgehead atoms. The van der Waals surface area contributed by atoms with E-state index in [0.29, 0.717) is 18.7 Å². The number of piperidine rings is 1. The number of nitrogens with one attached hydrogen (secondary N) is 3. The lowest BCUT2D eigenvalue weighted by Gasteiger charge is -2.30. The van der Waals surface area contributed by atoms with E-state index >= 15 is 0 Å². The summed E-state index contributed by atoms with van der Waals surface area (Å²) >= 11 is 0. The number of halogens is 3. The van der Waals surface area contributed by atoms with Crippen LogP contribution in [-0.2, 0) is 10.0 Å². The smallest absolute Gasteiger partial charge is 0.343 e. The van der Waals surface area contributed by atoms with Gasteiger partial charge in [0.25, 0.3) is 5.91 Å². The van der Waals surface area contributed by atoms with Gasteiger partial charge in [0.15, 0.2) is 0 Å². The van der Waals surface area contributed by atoms with E-state index in [4.69, 9.17) is 0 Å². The summed E-state index contributed by atoms with van der Waals surface area (Å²) in [6.07, 6.45) is -3.41. The van der Waals surface area contributed by atoms with E-state index in [-0.39, 0.29) is 29.5 Å². The molecule has 13 heteroatoms. The highest BCUT2D eigenvalue weighted by molar-refractivity contribution is 7.89. The van der Waals surface area contributed by atoms with E-state index in [9.17, 15) is 31.2 Å². The Hall–Kier alpha value is -2.67. The molecule has 1 atom stereocenters. The summed E-state index contributed by atoms with van der Waals surface area (Å²) in [5.41, 5.74) is -0.682. The van der Waals surface area contributed by atoms with Crippen LogP contribution in [0.25, 0.3) is 0 Å². The predicted octanol–water partition coefficient (Wildman–Crippen LogP) is 0.958. The number of alkyl halides is 3. The fourth-order valence-corrected chi connectivity index (χ4v) is 4.66. The van der Waals surface area contributed by atoms with E-state index in [1.54, 1.807) is 5.32 Å². The molecule has 9 nitrogen and oxygen atoms in total. The summed E-state index contributed by atoms with van der Waals surface area (Å²) in [6, 6.07) is 4.84. The third-order valence-electron chi connectivity index (χ3n) is 4.47. The maximum Gasteiger partial charge on any atom is 0.405 e. The van der Waals surface area contributed by atoms with Gasteiger partial charge in [-0.15, -0.1) is 0 Å². The van der Waals surface area contributed by atoms with Gasteiger partial charge < -0.3 is 5.32 Å². The zero-order valence-electron chi connectivity index (χ0n) is 15.0. The Labute approximate surface area is 163 Å². The molecule has 1 aliphatic rings. The van der Waals surface area contributed by atoms with E-state index in [1.807, 2.05) is 0 Å². The first-order valence-electron chi connectivity index (χ1n) is 8.66. The molecular weight excluding hydrogens is 415 g/mol. The molecule has 3 rings (SSSR count). The molecule has 0 aliphatic carbocycles.